The molecule has 1 atom stereocenters. The van der Waals surface area contributed by atoms with Crippen molar-refractivity contribution in [3.63, 3.8) is 0 Å². The molecule has 0 spiro atoms. The van der Waals surface area contributed by atoms with Gasteiger partial charge in [-0.05, 0) is 12.3 Å². The summed E-state index contributed by atoms with van der Waals surface area (Å²) in [7, 11) is 0. The molecule has 94 valence electrons. The number of amides is 1. The number of nitrogens with one attached hydrogen (secondary N) is 1. The van der Waals surface area contributed by atoms with E-state index in [0.29, 0.717) is 18.6 Å². The Morgan fingerprint density at radius 1 is 1.56 bits per heavy atom. The fourth-order valence-corrected chi connectivity index (χ4v) is 1.79. The van der Waals surface area contributed by atoms with Crippen molar-refractivity contribution in [3.05, 3.63) is 0 Å². The summed E-state index contributed by atoms with van der Waals surface area (Å²) in [4.78, 5) is 13.5. The lowest BCUT2D eigenvalue weighted by molar-refractivity contribution is 0.0852. The second kappa shape index (κ2) is 6.74. The molecule has 1 amide bonds. The molecular weight excluding hydrogens is 204 g/mol. The van der Waals surface area contributed by atoms with E-state index in [1.807, 2.05) is 4.90 Å². The van der Waals surface area contributed by atoms with E-state index < -0.39 is 0 Å². The Balaban J connectivity index is 2.32. The van der Waals surface area contributed by atoms with E-state index in [2.05, 4.69) is 26.1 Å². The number of carbonyl (C=O) groups excluding carboxylic acids is 1. The number of piperazine rings is 1. The third-order valence-electron chi connectivity index (χ3n) is 2.99. The largest absolute Gasteiger partial charge is 0.449 e. The molecule has 0 aromatic heterocycles. The standard InChI is InChI=1S/C12H24N2O2/c1-4-5-8-16-12(15)14-7-6-13-11(9-14)10(2)3/h10-11,13H,4-9H2,1-3H3/t11-/m1/s1. The van der Waals surface area contributed by atoms with Crippen LogP contribution in [0.3, 0.4) is 0 Å². The normalized spacial score (nSPS) is 21.2. The third-order valence-corrected chi connectivity index (χ3v) is 2.99. The molecule has 1 aliphatic rings. The van der Waals surface area contributed by atoms with Crippen molar-refractivity contribution in [3.8, 4) is 0 Å². The highest BCUT2D eigenvalue weighted by atomic mass is 16.6. The van der Waals surface area contributed by atoms with Gasteiger partial charge in [0.2, 0.25) is 0 Å². The van der Waals surface area contributed by atoms with Crippen molar-refractivity contribution in [1.82, 2.24) is 10.2 Å². The first-order valence-electron chi connectivity index (χ1n) is 6.30. The molecule has 4 nitrogen and oxygen atoms in total. The second-order valence-electron chi connectivity index (χ2n) is 4.72. The smallest absolute Gasteiger partial charge is 0.409 e. The van der Waals surface area contributed by atoms with Crippen LogP contribution in [0.5, 0.6) is 0 Å². The van der Waals surface area contributed by atoms with Crippen LogP contribution in [0.2, 0.25) is 0 Å². The summed E-state index contributed by atoms with van der Waals surface area (Å²) in [6.45, 7) is 9.37. The quantitative estimate of drug-likeness (QED) is 0.747. The highest BCUT2D eigenvalue weighted by Crippen LogP contribution is 2.09. The lowest BCUT2D eigenvalue weighted by Crippen LogP contribution is -2.54. The Morgan fingerprint density at radius 3 is 2.94 bits per heavy atom. The predicted octanol–water partition coefficient (Wildman–Crippen LogP) is 1.85. The van der Waals surface area contributed by atoms with Crippen LogP contribution in [-0.2, 0) is 4.74 Å². The molecule has 0 aliphatic carbocycles. The number of hydrogen-bond acceptors (Lipinski definition) is 3. The topological polar surface area (TPSA) is 41.6 Å². The number of carbonyl (C=O) groups is 1. The van der Waals surface area contributed by atoms with Gasteiger partial charge in [-0.15, -0.1) is 0 Å². The van der Waals surface area contributed by atoms with Gasteiger partial charge in [-0.25, -0.2) is 4.79 Å². The summed E-state index contributed by atoms with van der Waals surface area (Å²) in [5.74, 6) is 0.547. The van der Waals surface area contributed by atoms with E-state index in [-0.39, 0.29) is 6.09 Å². The number of nitrogens with zero attached hydrogens (tertiary/aromatic N) is 1. The Hall–Kier alpha value is -0.770. The number of ether oxygens (including phenoxy) is 1. The van der Waals surface area contributed by atoms with Crippen LogP contribution in [0.25, 0.3) is 0 Å². The average Bonchev–Trinajstić information content (AvgIpc) is 2.29. The lowest BCUT2D eigenvalue weighted by atomic mass is 10.0. The van der Waals surface area contributed by atoms with Crippen molar-refractivity contribution >= 4 is 6.09 Å². The van der Waals surface area contributed by atoms with Crippen molar-refractivity contribution in [2.45, 2.75) is 39.7 Å². The van der Waals surface area contributed by atoms with Crippen molar-refractivity contribution < 1.29 is 9.53 Å². The molecule has 16 heavy (non-hydrogen) atoms. The monoisotopic (exact) mass is 228 g/mol. The maximum Gasteiger partial charge on any atom is 0.409 e. The van der Waals surface area contributed by atoms with Gasteiger partial charge in [0.05, 0.1) is 6.61 Å². The molecule has 0 saturated carbocycles. The summed E-state index contributed by atoms with van der Waals surface area (Å²) in [5.41, 5.74) is 0. The molecule has 0 aromatic carbocycles. The highest BCUT2D eigenvalue weighted by molar-refractivity contribution is 5.67. The zero-order chi connectivity index (χ0) is 12.0. The van der Waals surface area contributed by atoms with Crippen LogP contribution < -0.4 is 5.32 Å². The van der Waals surface area contributed by atoms with Gasteiger partial charge in [0.1, 0.15) is 0 Å². The van der Waals surface area contributed by atoms with Gasteiger partial charge in [0, 0.05) is 25.7 Å². The van der Waals surface area contributed by atoms with E-state index in [4.69, 9.17) is 4.74 Å². The maximum absolute atomic E-state index is 11.7. The summed E-state index contributed by atoms with van der Waals surface area (Å²) >= 11 is 0. The van der Waals surface area contributed by atoms with Gasteiger partial charge >= 0.3 is 6.09 Å². The second-order valence-corrected chi connectivity index (χ2v) is 4.72. The molecule has 0 radical (unpaired) electrons. The zero-order valence-corrected chi connectivity index (χ0v) is 10.7. The maximum atomic E-state index is 11.7. The van der Waals surface area contributed by atoms with Gasteiger partial charge in [-0.2, -0.15) is 0 Å². The molecule has 1 N–H and O–H groups in total. The minimum atomic E-state index is -0.152. The van der Waals surface area contributed by atoms with Crippen LogP contribution in [0.15, 0.2) is 0 Å². The summed E-state index contributed by atoms with van der Waals surface area (Å²) < 4.78 is 5.21. The first kappa shape index (κ1) is 13.3. The van der Waals surface area contributed by atoms with Gasteiger partial charge in [0.15, 0.2) is 0 Å². The average molecular weight is 228 g/mol. The van der Waals surface area contributed by atoms with Gasteiger partial charge in [0.25, 0.3) is 0 Å². The SMILES string of the molecule is CCCCOC(=O)N1CCN[C@@H](C(C)C)C1. The summed E-state index contributed by atoms with van der Waals surface area (Å²) in [5, 5.41) is 3.42. The summed E-state index contributed by atoms with van der Waals surface area (Å²) in [6, 6.07) is 0.396. The molecule has 1 heterocycles. The van der Waals surface area contributed by atoms with Crippen LogP contribution in [0.4, 0.5) is 4.79 Å². The molecule has 1 aliphatic heterocycles. The first-order chi connectivity index (χ1) is 7.65. The molecule has 0 bridgehead atoms. The van der Waals surface area contributed by atoms with Crippen molar-refractivity contribution in [2.75, 3.05) is 26.2 Å². The lowest BCUT2D eigenvalue weighted by Gasteiger charge is -2.35. The fraction of sp³-hybridized carbons (Fsp3) is 0.917. The molecule has 0 unspecified atom stereocenters. The Bertz CT molecular complexity index is 219. The fourth-order valence-electron chi connectivity index (χ4n) is 1.79. The molecule has 4 heteroatoms. The van der Waals surface area contributed by atoms with Crippen LogP contribution >= 0.6 is 0 Å². The van der Waals surface area contributed by atoms with E-state index in [9.17, 15) is 4.79 Å². The van der Waals surface area contributed by atoms with E-state index in [0.717, 1.165) is 32.5 Å². The van der Waals surface area contributed by atoms with E-state index in [1.165, 1.54) is 0 Å². The number of unbranched alkanes of at least 4 members (excludes halogenated alkanes) is 1. The first-order valence-corrected chi connectivity index (χ1v) is 6.30. The van der Waals surface area contributed by atoms with Crippen LogP contribution in [0.1, 0.15) is 33.6 Å². The zero-order valence-electron chi connectivity index (χ0n) is 10.7. The molecular formula is C12H24N2O2. The predicted molar refractivity (Wildman–Crippen MR) is 64.5 cm³/mol. The molecule has 1 saturated heterocycles. The Labute approximate surface area is 98.3 Å². The van der Waals surface area contributed by atoms with Crippen molar-refractivity contribution in [2.24, 2.45) is 5.92 Å². The van der Waals surface area contributed by atoms with E-state index >= 15 is 0 Å². The van der Waals surface area contributed by atoms with E-state index in [1.54, 1.807) is 0 Å². The number of hydrogen-bond donors (Lipinski definition) is 1. The van der Waals surface area contributed by atoms with Gasteiger partial charge in [-0.1, -0.05) is 27.2 Å². The summed E-state index contributed by atoms with van der Waals surface area (Å²) in [6.07, 6.45) is 1.86. The Kier molecular flexibility index (Phi) is 5.60. The van der Waals surface area contributed by atoms with Crippen molar-refractivity contribution in [1.29, 1.82) is 0 Å². The molecule has 1 rings (SSSR count). The minimum Gasteiger partial charge on any atom is -0.449 e. The third kappa shape index (κ3) is 4.00. The number of rotatable bonds is 4. The van der Waals surface area contributed by atoms with Crippen LogP contribution in [0, 0.1) is 5.92 Å². The highest BCUT2D eigenvalue weighted by Gasteiger charge is 2.25. The van der Waals surface area contributed by atoms with Gasteiger partial charge < -0.3 is 15.0 Å². The van der Waals surface area contributed by atoms with Gasteiger partial charge in [-0.3, -0.25) is 0 Å². The van der Waals surface area contributed by atoms with Crippen LogP contribution in [-0.4, -0.2) is 43.3 Å². The molecule has 1 fully saturated rings. The Morgan fingerprint density at radius 2 is 2.31 bits per heavy atom. The minimum absolute atomic E-state index is 0.152. The molecule has 0 aromatic rings.